The number of carbonyl (C=O) groups excluding carboxylic acids is 1. The Morgan fingerprint density at radius 3 is 2.44 bits per heavy atom. The Kier molecular flexibility index (Phi) is 4.70. The largest absolute Gasteiger partial charge is 0.394 e. The van der Waals surface area contributed by atoms with Gasteiger partial charge in [-0.05, 0) is 25.7 Å². The van der Waals surface area contributed by atoms with Gasteiger partial charge in [0.25, 0.3) is 0 Å². The first kappa shape index (κ1) is 13.4. The highest BCUT2D eigenvalue weighted by Crippen LogP contribution is 2.25. The zero-order valence-electron chi connectivity index (χ0n) is 9.78. The second-order valence-corrected chi connectivity index (χ2v) is 4.71. The van der Waals surface area contributed by atoms with Crippen LogP contribution in [0.3, 0.4) is 0 Å². The van der Waals surface area contributed by atoms with Crippen LogP contribution in [0.1, 0.15) is 32.6 Å². The molecule has 94 valence electrons. The number of hydrogen-bond donors (Lipinski definition) is 4. The Balaban J connectivity index is 2.55. The molecular formula is C11H22N2O3. The smallest absolute Gasteiger partial charge is 0.223 e. The summed E-state index contributed by atoms with van der Waals surface area (Å²) in [6.45, 7) is 1.34. The fourth-order valence-corrected chi connectivity index (χ4v) is 2.06. The van der Waals surface area contributed by atoms with Gasteiger partial charge in [0.1, 0.15) is 0 Å². The fourth-order valence-electron chi connectivity index (χ4n) is 2.06. The van der Waals surface area contributed by atoms with Crippen molar-refractivity contribution in [1.29, 1.82) is 0 Å². The summed E-state index contributed by atoms with van der Waals surface area (Å²) >= 11 is 0. The van der Waals surface area contributed by atoms with Crippen LogP contribution in [0.25, 0.3) is 0 Å². The first-order valence-corrected chi connectivity index (χ1v) is 5.86. The molecule has 1 fully saturated rings. The Morgan fingerprint density at radius 1 is 1.44 bits per heavy atom. The van der Waals surface area contributed by atoms with Crippen LogP contribution in [-0.2, 0) is 4.79 Å². The van der Waals surface area contributed by atoms with Crippen LogP contribution < -0.4 is 11.1 Å². The quantitative estimate of drug-likeness (QED) is 0.505. The predicted molar refractivity (Wildman–Crippen MR) is 60.7 cm³/mol. The average molecular weight is 230 g/mol. The summed E-state index contributed by atoms with van der Waals surface area (Å²) in [6.07, 6.45) is 2.87. The Labute approximate surface area is 96.0 Å². The molecule has 1 saturated carbocycles. The Morgan fingerprint density at radius 2 is 2.06 bits per heavy atom. The highest BCUT2D eigenvalue weighted by atomic mass is 16.3. The van der Waals surface area contributed by atoms with Crippen molar-refractivity contribution in [3.8, 4) is 0 Å². The van der Waals surface area contributed by atoms with Crippen LogP contribution in [-0.4, -0.2) is 40.9 Å². The first-order valence-electron chi connectivity index (χ1n) is 5.86. The second-order valence-electron chi connectivity index (χ2n) is 4.71. The van der Waals surface area contributed by atoms with Crippen molar-refractivity contribution in [1.82, 2.24) is 5.32 Å². The maximum absolute atomic E-state index is 11.9. The summed E-state index contributed by atoms with van der Waals surface area (Å²) in [6, 6.07) is 0.107. The van der Waals surface area contributed by atoms with E-state index in [0.29, 0.717) is 12.8 Å². The topological polar surface area (TPSA) is 95.6 Å². The third-order valence-corrected chi connectivity index (χ3v) is 3.51. The third-order valence-electron chi connectivity index (χ3n) is 3.51. The molecule has 0 aromatic heterocycles. The summed E-state index contributed by atoms with van der Waals surface area (Å²) < 4.78 is 0. The number of carbonyl (C=O) groups is 1. The summed E-state index contributed by atoms with van der Waals surface area (Å²) in [7, 11) is 0. The van der Waals surface area contributed by atoms with Crippen molar-refractivity contribution in [2.75, 3.05) is 13.2 Å². The molecule has 0 aliphatic heterocycles. The molecule has 1 aliphatic carbocycles. The Hall–Kier alpha value is -0.650. The van der Waals surface area contributed by atoms with Crippen LogP contribution in [0.5, 0.6) is 0 Å². The molecule has 0 aromatic carbocycles. The van der Waals surface area contributed by atoms with E-state index in [1.54, 1.807) is 0 Å². The molecule has 1 amide bonds. The first-order chi connectivity index (χ1) is 7.56. The SMILES string of the molecule is CCC(CO)(CO)NC(=O)C1CCC(N)C1. The van der Waals surface area contributed by atoms with E-state index in [2.05, 4.69) is 5.32 Å². The van der Waals surface area contributed by atoms with Gasteiger partial charge in [-0.1, -0.05) is 6.92 Å². The number of nitrogens with one attached hydrogen (secondary N) is 1. The lowest BCUT2D eigenvalue weighted by Gasteiger charge is -2.31. The van der Waals surface area contributed by atoms with Gasteiger partial charge in [0, 0.05) is 12.0 Å². The number of aliphatic hydroxyl groups excluding tert-OH is 2. The van der Waals surface area contributed by atoms with E-state index < -0.39 is 5.54 Å². The van der Waals surface area contributed by atoms with Crippen LogP contribution in [0.4, 0.5) is 0 Å². The van der Waals surface area contributed by atoms with Crippen molar-refractivity contribution in [3.63, 3.8) is 0 Å². The lowest BCUT2D eigenvalue weighted by molar-refractivity contribution is -0.128. The van der Waals surface area contributed by atoms with Crippen molar-refractivity contribution in [2.24, 2.45) is 11.7 Å². The van der Waals surface area contributed by atoms with Gasteiger partial charge < -0.3 is 21.3 Å². The molecule has 2 atom stereocenters. The molecule has 0 bridgehead atoms. The van der Waals surface area contributed by atoms with E-state index >= 15 is 0 Å². The van der Waals surface area contributed by atoms with Gasteiger partial charge in [-0.3, -0.25) is 4.79 Å². The van der Waals surface area contributed by atoms with Crippen LogP contribution in [0, 0.1) is 5.92 Å². The molecule has 16 heavy (non-hydrogen) atoms. The molecule has 0 saturated heterocycles. The maximum Gasteiger partial charge on any atom is 0.223 e. The van der Waals surface area contributed by atoms with Gasteiger partial charge in [-0.2, -0.15) is 0 Å². The monoisotopic (exact) mass is 230 g/mol. The van der Waals surface area contributed by atoms with Crippen molar-refractivity contribution >= 4 is 5.91 Å². The van der Waals surface area contributed by atoms with E-state index in [0.717, 1.165) is 12.8 Å². The highest BCUT2D eigenvalue weighted by molar-refractivity contribution is 5.79. The predicted octanol–water partition coefficient (Wildman–Crippen LogP) is -0.637. The van der Waals surface area contributed by atoms with Crippen molar-refractivity contribution < 1.29 is 15.0 Å². The maximum atomic E-state index is 11.9. The standard InChI is InChI=1S/C11H22N2O3/c1-2-11(6-14,7-15)13-10(16)8-3-4-9(12)5-8/h8-9,14-15H,2-7,12H2,1H3,(H,13,16). The van der Waals surface area contributed by atoms with Crippen LogP contribution >= 0.6 is 0 Å². The molecule has 0 radical (unpaired) electrons. The second kappa shape index (κ2) is 5.61. The van der Waals surface area contributed by atoms with Crippen molar-refractivity contribution in [2.45, 2.75) is 44.2 Å². The summed E-state index contributed by atoms with van der Waals surface area (Å²) in [4.78, 5) is 11.9. The number of aliphatic hydroxyl groups is 2. The molecule has 5 heteroatoms. The molecule has 5 N–H and O–H groups in total. The van der Waals surface area contributed by atoms with Crippen LogP contribution in [0.15, 0.2) is 0 Å². The lowest BCUT2D eigenvalue weighted by atomic mass is 9.96. The number of rotatable bonds is 5. The molecule has 2 unspecified atom stereocenters. The lowest BCUT2D eigenvalue weighted by Crippen LogP contribution is -2.55. The summed E-state index contributed by atoms with van der Waals surface area (Å²) in [5.41, 5.74) is 4.86. The van der Waals surface area contributed by atoms with Gasteiger partial charge in [0.15, 0.2) is 0 Å². The van der Waals surface area contributed by atoms with E-state index in [9.17, 15) is 15.0 Å². The zero-order valence-corrected chi connectivity index (χ0v) is 9.78. The minimum Gasteiger partial charge on any atom is -0.394 e. The molecule has 0 aromatic rings. The van der Waals surface area contributed by atoms with Gasteiger partial charge in [0.05, 0.1) is 18.8 Å². The third kappa shape index (κ3) is 2.93. The highest BCUT2D eigenvalue weighted by Gasteiger charge is 2.34. The average Bonchev–Trinajstić information content (AvgIpc) is 2.73. The summed E-state index contributed by atoms with van der Waals surface area (Å²) in [5, 5.41) is 21.2. The van der Waals surface area contributed by atoms with E-state index in [1.165, 1.54) is 0 Å². The number of nitrogens with two attached hydrogens (primary N) is 1. The van der Waals surface area contributed by atoms with E-state index in [-0.39, 0.29) is 31.1 Å². The van der Waals surface area contributed by atoms with E-state index in [1.807, 2.05) is 6.92 Å². The van der Waals surface area contributed by atoms with Gasteiger partial charge >= 0.3 is 0 Å². The number of hydrogen-bond acceptors (Lipinski definition) is 4. The molecule has 5 nitrogen and oxygen atoms in total. The minimum absolute atomic E-state index is 0.0703. The minimum atomic E-state index is -0.885. The number of amides is 1. The van der Waals surface area contributed by atoms with Gasteiger partial charge in [-0.25, -0.2) is 0 Å². The van der Waals surface area contributed by atoms with E-state index in [4.69, 9.17) is 5.73 Å². The fraction of sp³-hybridized carbons (Fsp3) is 0.909. The molecule has 0 spiro atoms. The van der Waals surface area contributed by atoms with Crippen LogP contribution in [0.2, 0.25) is 0 Å². The van der Waals surface area contributed by atoms with Gasteiger partial charge in [0.2, 0.25) is 5.91 Å². The summed E-state index contributed by atoms with van der Waals surface area (Å²) in [5.74, 6) is -0.170. The molecular weight excluding hydrogens is 208 g/mol. The molecule has 0 heterocycles. The van der Waals surface area contributed by atoms with Gasteiger partial charge in [-0.15, -0.1) is 0 Å². The Bertz CT molecular complexity index is 233. The molecule has 1 aliphatic rings. The molecule has 1 rings (SSSR count). The zero-order chi connectivity index (χ0) is 12.2. The van der Waals surface area contributed by atoms with Crippen molar-refractivity contribution in [3.05, 3.63) is 0 Å². The normalized spacial score (nSPS) is 25.8.